The first-order valence-electron chi connectivity index (χ1n) is 3.51. The highest BCUT2D eigenvalue weighted by Gasteiger charge is 2.26. The lowest BCUT2D eigenvalue weighted by Gasteiger charge is -2.25. The summed E-state index contributed by atoms with van der Waals surface area (Å²) in [5, 5.41) is 0. The second-order valence-electron chi connectivity index (χ2n) is 2.82. The zero-order valence-electron chi connectivity index (χ0n) is 5.76. The molecule has 2 N–H and O–H groups in total. The molecule has 2 heteroatoms. The van der Waals surface area contributed by atoms with Crippen molar-refractivity contribution in [2.75, 3.05) is 0 Å². The topological polar surface area (TPSA) is 43.1 Å². The van der Waals surface area contributed by atoms with Gasteiger partial charge < -0.3 is 5.73 Å². The maximum Gasteiger partial charge on any atom is 0.152 e. The summed E-state index contributed by atoms with van der Waals surface area (Å²) in [6.07, 6.45) is 3.35. The SMILES string of the molecule is C[C@@H](N)C(=O)C1CCC1. The van der Waals surface area contributed by atoms with Crippen LogP contribution in [0.2, 0.25) is 0 Å². The van der Waals surface area contributed by atoms with Gasteiger partial charge in [-0.25, -0.2) is 0 Å². The summed E-state index contributed by atoms with van der Waals surface area (Å²) in [5.41, 5.74) is 5.40. The summed E-state index contributed by atoms with van der Waals surface area (Å²) in [6, 6.07) is -0.240. The van der Waals surface area contributed by atoms with Crippen LogP contribution in [-0.2, 0) is 4.79 Å². The molecule has 1 saturated carbocycles. The van der Waals surface area contributed by atoms with Crippen LogP contribution < -0.4 is 5.73 Å². The van der Waals surface area contributed by atoms with Crippen molar-refractivity contribution in [3.8, 4) is 0 Å². The first-order valence-corrected chi connectivity index (χ1v) is 3.51. The minimum Gasteiger partial charge on any atom is -0.322 e. The van der Waals surface area contributed by atoms with Crippen LogP contribution in [0.5, 0.6) is 0 Å². The molecule has 0 aromatic rings. The number of nitrogens with two attached hydrogens (primary N) is 1. The van der Waals surface area contributed by atoms with E-state index in [2.05, 4.69) is 0 Å². The van der Waals surface area contributed by atoms with Crippen molar-refractivity contribution in [2.45, 2.75) is 32.2 Å². The Bertz CT molecular complexity index is 116. The van der Waals surface area contributed by atoms with Crippen molar-refractivity contribution in [3.63, 3.8) is 0 Å². The first-order chi connectivity index (χ1) is 4.22. The fourth-order valence-electron chi connectivity index (χ4n) is 1.06. The molecule has 0 spiro atoms. The van der Waals surface area contributed by atoms with Crippen LogP contribution in [0.1, 0.15) is 26.2 Å². The Morgan fingerprint density at radius 3 is 2.33 bits per heavy atom. The number of hydrogen-bond acceptors (Lipinski definition) is 2. The van der Waals surface area contributed by atoms with Crippen LogP contribution in [0, 0.1) is 5.92 Å². The normalized spacial score (nSPS) is 22.9. The van der Waals surface area contributed by atoms with Crippen molar-refractivity contribution in [3.05, 3.63) is 0 Å². The molecule has 1 rings (SSSR count). The lowest BCUT2D eigenvalue weighted by molar-refractivity contribution is -0.126. The van der Waals surface area contributed by atoms with Gasteiger partial charge in [0.15, 0.2) is 5.78 Å². The van der Waals surface area contributed by atoms with Crippen LogP contribution in [-0.4, -0.2) is 11.8 Å². The third-order valence-corrected chi connectivity index (χ3v) is 1.96. The Hall–Kier alpha value is -0.370. The molecule has 0 aromatic carbocycles. The van der Waals surface area contributed by atoms with Crippen molar-refractivity contribution in [2.24, 2.45) is 11.7 Å². The third kappa shape index (κ3) is 1.30. The molecule has 0 unspecified atom stereocenters. The minimum atomic E-state index is -0.240. The first kappa shape index (κ1) is 6.75. The second kappa shape index (κ2) is 2.48. The monoisotopic (exact) mass is 127 g/mol. The molecular formula is C7H13NO. The maximum absolute atomic E-state index is 11.0. The van der Waals surface area contributed by atoms with Gasteiger partial charge in [-0.3, -0.25) is 4.79 Å². The van der Waals surface area contributed by atoms with Gasteiger partial charge in [0.1, 0.15) is 0 Å². The van der Waals surface area contributed by atoms with E-state index in [4.69, 9.17) is 5.73 Å². The van der Waals surface area contributed by atoms with Gasteiger partial charge in [0, 0.05) is 5.92 Å². The van der Waals surface area contributed by atoms with E-state index in [1.165, 1.54) is 6.42 Å². The van der Waals surface area contributed by atoms with Gasteiger partial charge in [-0.2, -0.15) is 0 Å². The quantitative estimate of drug-likeness (QED) is 0.593. The van der Waals surface area contributed by atoms with Gasteiger partial charge in [0.25, 0.3) is 0 Å². The molecule has 0 saturated heterocycles. The molecule has 2 nitrogen and oxygen atoms in total. The number of carbonyl (C=O) groups is 1. The Balaban J connectivity index is 2.32. The summed E-state index contributed by atoms with van der Waals surface area (Å²) in [5.74, 6) is 0.561. The largest absolute Gasteiger partial charge is 0.322 e. The maximum atomic E-state index is 11.0. The molecule has 0 bridgehead atoms. The molecule has 1 aliphatic rings. The summed E-state index contributed by atoms with van der Waals surface area (Å²) in [6.45, 7) is 1.76. The lowest BCUT2D eigenvalue weighted by Crippen LogP contribution is -2.35. The van der Waals surface area contributed by atoms with E-state index in [9.17, 15) is 4.79 Å². The number of hydrogen-bond donors (Lipinski definition) is 1. The van der Waals surface area contributed by atoms with Crippen LogP contribution in [0.25, 0.3) is 0 Å². The fraction of sp³-hybridized carbons (Fsp3) is 0.857. The molecule has 0 aliphatic heterocycles. The van der Waals surface area contributed by atoms with Crippen molar-refractivity contribution >= 4 is 5.78 Å². The van der Waals surface area contributed by atoms with Gasteiger partial charge in [-0.1, -0.05) is 6.42 Å². The van der Waals surface area contributed by atoms with Crippen LogP contribution in [0.15, 0.2) is 0 Å². The summed E-state index contributed by atoms with van der Waals surface area (Å²) in [4.78, 5) is 11.0. The van der Waals surface area contributed by atoms with E-state index < -0.39 is 0 Å². The van der Waals surface area contributed by atoms with E-state index in [0.717, 1.165) is 12.8 Å². The van der Waals surface area contributed by atoms with Crippen molar-refractivity contribution in [1.29, 1.82) is 0 Å². The molecule has 9 heavy (non-hydrogen) atoms. The van der Waals surface area contributed by atoms with E-state index in [1.807, 2.05) is 0 Å². The van der Waals surface area contributed by atoms with Gasteiger partial charge in [-0.05, 0) is 19.8 Å². The van der Waals surface area contributed by atoms with Crippen LogP contribution in [0.3, 0.4) is 0 Å². The van der Waals surface area contributed by atoms with Crippen LogP contribution in [0.4, 0.5) is 0 Å². The van der Waals surface area contributed by atoms with E-state index in [1.54, 1.807) is 6.92 Å². The zero-order valence-corrected chi connectivity index (χ0v) is 5.76. The number of ketones is 1. The zero-order chi connectivity index (χ0) is 6.85. The molecule has 1 fully saturated rings. The highest BCUT2D eigenvalue weighted by Crippen LogP contribution is 2.27. The summed E-state index contributed by atoms with van der Waals surface area (Å²) < 4.78 is 0. The molecule has 0 amide bonds. The van der Waals surface area contributed by atoms with Gasteiger partial charge in [-0.15, -0.1) is 0 Å². The van der Waals surface area contributed by atoms with Crippen molar-refractivity contribution in [1.82, 2.24) is 0 Å². The average molecular weight is 127 g/mol. The number of rotatable bonds is 2. The highest BCUT2D eigenvalue weighted by molar-refractivity contribution is 5.86. The second-order valence-corrected chi connectivity index (χ2v) is 2.82. The molecule has 0 heterocycles. The predicted molar refractivity (Wildman–Crippen MR) is 36.0 cm³/mol. The number of Topliss-reactive ketones (excluding diaryl/α,β-unsaturated/α-hetero) is 1. The smallest absolute Gasteiger partial charge is 0.152 e. The highest BCUT2D eigenvalue weighted by atomic mass is 16.1. The standard InChI is InChI=1S/C7H13NO/c1-5(8)7(9)6-3-2-4-6/h5-6H,2-4,8H2,1H3/t5-/m1/s1. The Morgan fingerprint density at radius 2 is 2.22 bits per heavy atom. The average Bonchev–Trinajstić information content (AvgIpc) is 1.60. The van der Waals surface area contributed by atoms with E-state index in [0.29, 0.717) is 5.92 Å². The van der Waals surface area contributed by atoms with E-state index >= 15 is 0 Å². The molecule has 52 valence electrons. The van der Waals surface area contributed by atoms with Crippen molar-refractivity contribution < 1.29 is 4.79 Å². The number of carbonyl (C=O) groups excluding carboxylic acids is 1. The Kier molecular flexibility index (Phi) is 1.86. The summed E-state index contributed by atoms with van der Waals surface area (Å²) >= 11 is 0. The molecule has 1 atom stereocenters. The minimum absolute atomic E-state index is 0.240. The van der Waals surface area contributed by atoms with Gasteiger partial charge in [0.2, 0.25) is 0 Å². The molecule has 0 radical (unpaired) electrons. The van der Waals surface area contributed by atoms with Gasteiger partial charge >= 0.3 is 0 Å². The summed E-state index contributed by atoms with van der Waals surface area (Å²) in [7, 11) is 0. The van der Waals surface area contributed by atoms with E-state index in [-0.39, 0.29) is 11.8 Å². The molecule has 1 aliphatic carbocycles. The Morgan fingerprint density at radius 1 is 1.67 bits per heavy atom. The lowest BCUT2D eigenvalue weighted by atomic mass is 9.80. The fourth-order valence-corrected chi connectivity index (χ4v) is 1.06. The van der Waals surface area contributed by atoms with Crippen LogP contribution >= 0.6 is 0 Å². The third-order valence-electron chi connectivity index (χ3n) is 1.96. The van der Waals surface area contributed by atoms with Gasteiger partial charge in [0.05, 0.1) is 6.04 Å². The Labute approximate surface area is 55.4 Å². The molecule has 0 aromatic heterocycles. The molecular weight excluding hydrogens is 114 g/mol. The predicted octanol–water partition coefficient (Wildman–Crippen LogP) is 0.703.